The summed E-state index contributed by atoms with van der Waals surface area (Å²) < 4.78 is 40.4. The van der Waals surface area contributed by atoms with E-state index < -0.39 is 15.7 Å². The highest BCUT2D eigenvalue weighted by molar-refractivity contribution is 7.90. The lowest BCUT2D eigenvalue weighted by Crippen LogP contribution is -2.09. The topological polar surface area (TPSA) is 43.4 Å². The van der Waals surface area contributed by atoms with Gasteiger partial charge in [0.25, 0.3) is 0 Å². The zero-order valence-electron chi connectivity index (χ0n) is 9.45. The van der Waals surface area contributed by atoms with Gasteiger partial charge in [-0.25, -0.2) is 12.8 Å². The van der Waals surface area contributed by atoms with Crippen molar-refractivity contribution in [3.63, 3.8) is 0 Å². The fourth-order valence-electron chi connectivity index (χ4n) is 1.32. The van der Waals surface area contributed by atoms with Crippen molar-refractivity contribution >= 4 is 21.4 Å². The lowest BCUT2D eigenvalue weighted by Gasteiger charge is -2.10. The van der Waals surface area contributed by atoms with E-state index in [1.165, 1.54) is 6.07 Å². The van der Waals surface area contributed by atoms with Gasteiger partial charge in [-0.15, -0.1) is 11.6 Å². The molecule has 96 valence electrons. The van der Waals surface area contributed by atoms with Crippen molar-refractivity contribution < 1.29 is 17.5 Å². The van der Waals surface area contributed by atoms with Gasteiger partial charge in [-0.3, -0.25) is 0 Å². The Morgan fingerprint density at radius 1 is 1.41 bits per heavy atom. The summed E-state index contributed by atoms with van der Waals surface area (Å²) in [5.41, 5.74) is 0.561. The first-order valence-electron chi connectivity index (χ1n) is 5.08. The monoisotopic (exact) mass is 280 g/mol. The van der Waals surface area contributed by atoms with E-state index in [0.717, 1.165) is 6.26 Å². The number of hydrogen-bond acceptors (Lipinski definition) is 3. The summed E-state index contributed by atoms with van der Waals surface area (Å²) in [5, 5.41) is 0. The highest BCUT2D eigenvalue weighted by Crippen LogP contribution is 2.24. The fourth-order valence-corrected chi connectivity index (χ4v) is 2.17. The van der Waals surface area contributed by atoms with Crippen molar-refractivity contribution in [2.75, 3.05) is 18.6 Å². The third-order valence-electron chi connectivity index (χ3n) is 2.10. The largest absolute Gasteiger partial charge is 0.490 e. The lowest BCUT2D eigenvalue weighted by molar-refractivity contribution is 0.299. The number of sulfone groups is 1. The van der Waals surface area contributed by atoms with Crippen LogP contribution in [0.15, 0.2) is 18.2 Å². The molecule has 0 amide bonds. The minimum atomic E-state index is -3.00. The highest BCUT2D eigenvalue weighted by Gasteiger charge is 2.09. The molecular weight excluding hydrogens is 267 g/mol. The smallest absolute Gasteiger partial charge is 0.165 e. The first-order valence-corrected chi connectivity index (χ1v) is 7.67. The van der Waals surface area contributed by atoms with Gasteiger partial charge in [0.1, 0.15) is 9.84 Å². The molecule has 0 spiro atoms. The minimum absolute atomic E-state index is 0.0255. The first kappa shape index (κ1) is 14.3. The fraction of sp³-hybridized carbons (Fsp3) is 0.455. The van der Waals surface area contributed by atoms with Gasteiger partial charge in [0, 0.05) is 11.8 Å². The number of hydrogen-bond donors (Lipinski definition) is 0. The molecular formula is C11H14ClFO3S. The molecule has 0 N–H and O–H groups in total. The first-order chi connectivity index (χ1) is 7.94. The summed E-state index contributed by atoms with van der Waals surface area (Å²) >= 11 is 5.65. The molecule has 0 fully saturated rings. The van der Waals surface area contributed by atoms with Gasteiger partial charge in [0.2, 0.25) is 0 Å². The molecule has 0 aliphatic heterocycles. The Bertz CT molecular complexity index is 474. The van der Waals surface area contributed by atoms with Gasteiger partial charge in [-0.2, -0.15) is 0 Å². The van der Waals surface area contributed by atoms with Crippen molar-refractivity contribution in [1.29, 1.82) is 0 Å². The van der Waals surface area contributed by atoms with E-state index in [0.29, 0.717) is 12.0 Å². The van der Waals surface area contributed by atoms with E-state index in [1.807, 2.05) is 0 Å². The zero-order chi connectivity index (χ0) is 12.9. The zero-order valence-corrected chi connectivity index (χ0v) is 11.0. The molecule has 0 atom stereocenters. The molecule has 1 rings (SSSR count). The van der Waals surface area contributed by atoms with Crippen LogP contribution in [-0.2, 0) is 15.7 Å². The summed E-state index contributed by atoms with van der Waals surface area (Å²) in [4.78, 5) is 0. The number of halogens is 2. The maximum atomic E-state index is 13.4. The molecule has 6 heteroatoms. The quantitative estimate of drug-likeness (QED) is 0.593. The van der Waals surface area contributed by atoms with E-state index in [9.17, 15) is 12.8 Å². The second kappa shape index (κ2) is 6.21. The molecule has 0 aromatic heterocycles. The number of para-hydroxylation sites is 1. The Morgan fingerprint density at radius 3 is 2.71 bits per heavy atom. The molecule has 1 aromatic rings. The lowest BCUT2D eigenvalue weighted by atomic mass is 10.2. The standard InChI is InChI=1S/C11H14ClFO3S/c1-17(14,15)7-3-6-16-11-9(8-12)4-2-5-10(11)13/h2,4-5H,3,6-8H2,1H3. The average molecular weight is 281 g/mol. The van der Waals surface area contributed by atoms with Gasteiger partial charge in [-0.05, 0) is 12.5 Å². The molecule has 1 aromatic carbocycles. The SMILES string of the molecule is CS(=O)(=O)CCCOc1c(F)cccc1CCl. The van der Waals surface area contributed by atoms with Crippen LogP contribution in [0, 0.1) is 5.82 Å². The maximum Gasteiger partial charge on any atom is 0.165 e. The van der Waals surface area contributed by atoms with Crippen LogP contribution in [0.5, 0.6) is 5.75 Å². The molecule has 0 heterocycles. The van der Waals surface area contributed by atoms with Crippen molar-refractivity contribution in [1.82, 2.24) is 0 Å². The summed E-state index contributed by atoms with van der Waals surface area (Å²) in [6, 6.07) is 4.50. The Morgan fingerprint density at radius 2 is 2.12 bits per heavy atom. The van der Waals surface area contributed by atoms with Gasteiger partial charge in [-0.1, -0.05) is 12.1 Å². The second-order valence-electron chi connectivity index (χ2n) is 3.69. The number of rotatable bonds is 6. The van der Waals surface area contributed by atoms with Crippen LogP contribution < -0.4 is 4.74 Å². The number of ether oxygens (including phenoxy) is 1. The number of benzene rings is 1. The summed E-state index contributed by atoms with van der Waals surface area (Å²) in [5.74, 6) is -0.199. The molecule has 3 nitrogen and oxygen atoms in total. The van der Waals surface area contributed by atoms with Crippen LogP contribution in [0.1, 0.15) is 12.0 Å². The Labute approximate surface area is 105 Å². The van der Waals surface area contributed by atoms with Gasteiger partial charge >= 0.3 is 0 Å². The van der Waals surface area contributed by atoms with Crippen molar-refractivity contribution in [2.45, 2.75) is 12.3 Å². The van der Waals surface area contributed by atoms with Gasteiger partial charge in [0.15, 0.2) is 11.6 Å². The van der Waals surface area contributed by atoms with Crippen molar-refractivity contribution in [2.24, 2.45) is 0 Å². The maximum absolute atomic E-state index is 13.4. The van der Waals surface area contributed by atoms with Crippen LogP contribution in [-0.4, -0.2) is 27.0 Å². The summed E-state index contributed by atoms with van der Waals surface area (Å²) in [7, 11) is -3.00. The third kappa shape index (κ3) is 4.91. The predicted octanol–water partition coefficient (Wildman–Crippen LogP) is 2.38. The van der Waals surface area contributed by atoms with E-state index in [1.54, 1.807) is 12.1 Å². The van der Waals surface area contributed by atoms with E-state index in [4.69, 9.17) is 16.3 Å². The third-order valence-corrected chi connectivity index (χ3v) is 3.42. The molecule has 17 heavy (non-hydrogen) atoms. The highest BCUT2D eigenvalue weighted by atomic mass is 35.5. The van der Waals surface area contributed by atoms with E-state index >= 15 is 0 Å². The molecule has 0 aliphatic rings. The van der Waals surface area contributed by atoms with E-state index in [2.05, 4.69) is 0 Å². The molecule has 0 saturated carbocycles. The minimum Gasteiger partial charge on any atom is -0.490 e. The van der Waals surface area contributed by atoms with Crippen LogP contribution in [0.2, 0.25) is 0 Å². The van der Waals surface area contributed by atoms with Gasteiger partial charge < -0.3 is 4.74 Å². The van der Waals surface area contributed by atoms with Crippen LogP contribution >= 0.6 is 11.6 Å². The van der Waals surface area contributed by atoms with Crippen LogP contribution in [0.3, 0.4) is 0 Å². The average Bonchev–Trinajstić information content (AvgIpc) is 2.24. The second-order valence-corrected chi connectivity index (χ2v) is 6.22. The molecule has 0 bridgehead atoms. The molecule has 0 unspecified atom stereocenters. The predicted molar refractivity (Wildman–Crippen MR) is 65.8 cm³/mol. The van der Waals surface area contributed by atoms with Gasteiger partial charge in [0.05, 0.1) is 18.2 Å². The molecule has 0 aliphatic carbocycles. The van der Waals surface area contributed by atoms with Crippen LogP contribution in [0.25, 0.3) is 0 Å². The summed E-state index contributed by atoms with van der Waals surface area (Å²) in [6.07, 6.45) is 1.48. The normalized spacial score (nSPS) is 11.5. The molecule has 0 radical (unpaired) electrons. The number of alkyl halides is 1. The summed E-state index contributed by atoms with van der Waals surface area (Å²) in [6.45, 7) is 0.151. The Hall–Kier alpha value is -0.810. The Balaban J connectivity index is 2.57. The van der Waals surface area contributed by atoms with E-state index in [-0.39, 0.29) is 24.0 Å². The van der Waals surface area contributed by atoms with Crippen LogP contribution in [0.4, 0.5) is 4.39 Å². The van der Waals surface area contributed by atoms with Crippen molar-refractivity contribution in [3.8, 4) is 5.75 Å². The van der Waals surface area contributed by atoms with Crippen molar-refractivity contribution in [3.05, 3.63) is 29.6 Å². The molecule has 0 saturated heterocycles. The Kier molecular flexibility index (Phi) is 5.21.